The number of carboxylic acid groups (broad SMARTS) is 1. The van der Waals surface area contributed by atoms with E-state index in [-0.39, 0.29) is 12.2 Å². The largest absolute Gasteiger partial charge is 0.508 e. The van der Waals surface area contributed by atoms with Crippen LogP contribution in [-0.2, 0) is 11.2 Å². The summed E-state index contributed by atoms with van der Waals surface area (Å²) in [5.74, 6) is -0.769. The van der Waals surface area contributed by atoms with Crippen molar-refractivity contribution >= 4 is 17.7 Å². The van der Waals surface area contributed by atoms with E-state index in [4.69, 9.17) is 10.4 Å². The predicted molar refractivity (Wildman–Crippen MR) is 74.7 cm³/mol. The molecule has 2 aromatic rings. The fourth-order valence-corrected chi connectivity index (χ4v) is 2.58. The van der Waals surface area contributed by atoms with Crippen LogP contribution >= 0.6 is 11.8 Å². The zero-order valence-electron chi connectivity index (χ0n) is 10.4. The molecule has 0 heterocycles. The molecule has 0 saturated heterocycles. The zero-order chi connectivity index (χ0) is 14.5. The van der Waals surface area contributed by atoms with Crippen LogP contribution in [0.25, 0.3) is 0 Å². The molecule has 0 bridgehead atoms. The van der Waals surface area contributed by atoms with Crippen LogP contribution in [-0.4, -0.2) is 16.2 Å². The van der Waals surface area contributed by atoms with Gasteiger partial charge in [-0.2, -0.15) is 5.26 Å². The monoisotopic (exact) mass is 285 g/mol. The van der Waals surface area contributed by atoms with Crippen molar-refractivity contribution in [2.24, 2.45) is 0 Å². The van der Waals surface area contributed by atoms with E-state index in [1.54, 1.807) is 42.5 Å². The quantitative estimate of drug-likeness (QED) is 0.902. The topological polar surface area (TPSA) is 81.3 Å². The molecular weight excluding hydrogens is 274 g/mol. The summed E-state index contributed by atoms with van der Waals surface area (Å²) >= 11 is 1.44. The first kappa shape index (κ1) is 14.0. The van der Waals surface area contributed by atoms with Crippen molar-refractivity contribution in [3.8, 4) is 11.8 Å². The molecule has 0 atom stereocenters. The SMILES string of the molecule is N#Cc1ccc(Sc2ccc(O)cc2)cc1CC(=O)O. The van der Waals surface area contributed by atoms with Crippen LogP contribution < -0.4 is 0 Å². The Hall–Kier alpha value is -2.45. The molecule has 2 aromatic carbocycles. The van der Waals surface area contributed by atoms with Crippen molar-refractivity contribution in [1.82, 2.24) is 0 Å². The van der Waals surface area contributed by atoms with Gasteiger partial charge in [0.15, 0.2) is 0 Å². The van der Waals surface area contributed by atoms with E-state index in [1.165, 1.54) is 11.8 Å². The number of carboxylic acids is 1. The number of phenolic OH excluding ortho intramolecular Hbond substituents is 1. The van der Waals surface area contributed by atoms with Gasteiger partial charge in [0, 0.05) is 9.79 Å². The second kappa shape index (κ2) is 6.13. The molecule has 100 valence electrons. The highest BCUT2D eigenvalue weighted by molar-refractivity contribution is 7.99. The molecule has 2 N–H and O–H groups in total. The summed E-state index contributed by atoms with van der Waals surface area (Å²) in [5.41, 5.74) is 0.881. The Morgan fingerprint density at radius 1 is 1.15 bits per heavy atom. The smallest absolute Gasteiger partial charge is 0.307 e. The molecule has 5 heteroatoms. The van der Waals surface area contributed by atoms with Gasteiger partial charge >= 0.3 is 5.97 Å². The van der Waals surface area contributed by atoms with Crippen molar-refractivity contribution in [2.75, 3.05) is 0 Å². The minimum atomic E-state index is -0.965. The number of phenols is 1. The Kier molecular flexibility index (Phi) is 4.28. The first-order valence-electron chi connectivity index (χ1n) is 5.80. The molecule has 0 aliphatic carbocycles. The molecule has 2 rings (SSSR count). The van der Waals surface area contributed by atoms with Crippen LogP contribution in [0.2, 0.25) is 0 Å². The van der Waals surface area contributed by atoms with Crippen LogP contribution in [0.5, 0.6) is 5.75 Å². The molecule has 4 nitrogen and oxygen atoms in total. The summed E-state index contributed by atoms with van der Waals surface area (Å²) in [7, 11) is 0. The molecule has 0 aliphatic rings. The van der Waals surface area contributed by atoms with E-state index in [2.05, 4.69) is 0 Å². The first-order valence-corrected chi connectivity index (χ1v) is 6.62. The van der Waals surface area contributed by atoms with Gasteiger partial charge in [0.25, 0.3) is 0 Å². The average molecular weight is 285 g/mol. The Morgan fingerprint density at radius 3 is 2.40 bits per heavy atom. The van der Waals surface area contributed by atoms with Crippen LogP contribution in [0.15, 0.2) is 52.3 Å². The fraction of sp³-hybridized carbons (Fsp3) is 0.0667. The molecule has 0 spiro atoms. The van der Waals surface area contributed by atoms with Gasteiger partial charge in [-0.25, -0.2) is 0 Å². The zero-order valence-corrected chi connectivity index (χ0v) is 11.2. The summed E-state index contributed by atoms with van der Waals surface area (Å²) in [4.78, 5) is 12.6. The molecule has 0 amide bonds. The van der Waals surface area contributed by atoms with Crippen LogP contribution in [0.4, 0.5) is 0 Å². The lowest BCUT2D eigenvalue weighted by atomic mass is 10.1. The predicted octanol–water partition coefficient (Wildman–Crippen LogP) is 3.04. The summed E-state index contributed by atoms with van der Waals surface area (Å²) < 4.78 is 0. The van der Waals surface area contributed by atoms with Gasteiger partial charge in [0.1, 0.15) is 5.75 Å². The van der Waals surface area contributed by atoms with Gasteiger partial charge in [-0.1, -0.05) is 11.8 Å². The number of nitriles is 1. The molecular formula is C15H11NO3S. The summed E-state index contributed by atoms with van der Waals surface area (Å²) in [5, 5.41) is 27.0. The average Bonchev–Trinajstić information content (AvgIpc) is 2.41. The molecule has 0 aliphatic heterocycles. The third-order valence-electron chi connectivity index (χ3n) is 2.61. The lowest BCUT2D eigenvalue weighted by Gasteiger charge is -2.06. The minimum absolute atomic E-state index is 0.174. The van der Waals surface area contributed by atoms with Crippen molar-refractivity contribution < 1.29 is 15.0 Å². The molecule has 0 aromatic heterocycles. The normalized spacial score (nSPS) is 9.95. The lowest BCUT2D eigenvalue weighted by Crippen LogP contribution is -2.02. The Labute approximate surface area is 120 Å². The highest BCUT2D eigenvalue weighted by Crippen LogP contribution is 2.30. The fourth-order valence-electron chi connectivity index (χ4n) is 1.70. The Balaban J connectivity index is 2.26. The van der Waals surface area contributed by atoms with Crippen molar-refractivity contribution in [1.29, 1.82) is 5.26 Å². The lowest BCUT2D eigenvalue weighted by molar-refractivity contribution is -0.136. The van der Waals surface area contributed by atoms with Crippen LogP contribution in [0, 0.1) is 11.3 Å². The maximum Gasteiger partial charge on any atom is 0.307 e. The number of benzene rings is 2. The number of hydrogen-bond donors (Lipinski definition) is 2. The Morgan fingerprint density at radius 2 is 1.80 bits per heavy atom. The van der Waals surface area contributed by atoms with E-state index in [9.17, 15) is 9.90 Å². The number of aliphatic carboxylic acids is 1. The van der Waals surface area contributed by atoms with Crippen LogP contribution in [0.3, 0.4) is 0 Å². The number of hydrogen-bond acceptors (Lipinski definition) is 4. The van der Waals surface area contributed by atoms with E-state index >= 15 is 0 Å². The molecule has 0 radical (unpaired) electrons. The maximum absolute atomic E-state index is 10.8. The number of aromatic hydroxyl groups is 1. The van der Waals surface area contributed by atoms with E-state index in [0.717, 1.165) is 9.79 Å². The van der Waals surface area contributed by atoms with Crippen molar-refractivity contribution in [2.45, 2.75) is 16.2 Å². The van der Waals surface area contributed by atoms with Gasteiger partial charge in [0.2, 0.25) is 0 Å². The van der Waals surface area contributed by atoms with E-state index in [1.807, 2.05) is 6.07 Å². The molecule has 0 fully saturated rings. The van der Waals surface area contributed by atoms with Gasteiger partial charge in [-0.15, -0.1) is 0 Å². The number of rotatable bonds is 4. The maximum atomic E-state index is 10.8. The molecule has 20 heavy (non-hydrogen) atoms. The van der Waals surface area contributed by atoms with Gasteiger partial charge < -0.3 is 10.2 Å². The molecule has 0 unspecified atom stereocenters. The highest BCUT2D eigenvalue weighted by Gasteiger charge is 2.08. The highest BCUT2D eigenvalue weighted by atomic mass is 32.2. The standard InChI is InChI=1S/C15H11NO3S/c16-9-10-1-4-14(7-11(10)8-15(18)19)20-13-5-2-12(17)3-6-13/h1-7,17H,8H2,(H,18,19). The van der Waals surface area contributed by atoms with E-state index in [0.29, 0.717) is 11.1 Å². The van der Waals surface area contributed by atoms with Gasteiger partial charge in [-0.05, 0) is 48.0 Å². The third kappa shape index (κ3) is 3.53. The van der Waals surface area contributed by atoms with Crippen LogP contribution in [0.1, 0.15) is 11.1 Å². The number of carbonyl (C=O) groups is 1. The van der Waals surface area contributed by atoms with Crippen molar-refractivity contribution in [3.05, 3.63) is 53.6 Å². The van der Waals surface area contributed by atoms with Crippen molar-refractivity contribution in [3.63, 3.8) is 0 Å². The summed E-state index contributed by atoms with van der Waals surface area (Å²) in [6, 6.07) is 13.8. The third-order valence-corrected chi connectivity index (χ3v) is 3.61. The minimum Gasteiger partial charge on any atom is -0.508 e. The van der Waals surface area contributed by atoms with Gasteiger partial charge in [-0.3, -0.25) is 4.79 Å². The second-order valence-corrected chi connectivity index (χ2v) is 5.24. The second-order valence-electron chi connectivity index (χ2n) is 4.10. The Bertz CT molecular complexity index is 675. The first-order chi connectivity index (χ1) is 9.58. The van der Waals surface area contributed by atoms with Gasteiger partial charge in [0.05, 0.1) is 18.1 Å². The molecule has 0 saturated carbocycles. The summed E-state index contributed by atoms with van der Waals surface area (Å²) in [6.07, 6.45) is -0.174. The summed E-state index contributed by atoms with van der Waals surface area (Å²) in [6.45, 7) is 0. The van der Waals surface area contributed by atoms with E-state index < -0.39 is 5.97 Å². The number of nitrogens with zero attached hydrogens (tertiary/aromatic N) is 1.